The van der Waals surface area contributed by atoms with Crippen LogP contribution < -0.4 is 0 Å². The Bertz CT molecular complexity index is 983. The first kappa shape index (κ1) is 16.8. The van der Waals surface area contributed by atoms with Crippen molar-refractivity contribution in [2.45, 2.75) is 10.9 Å². The van der Waals surface area contributed by atoms with Gasteiger partial charge in [-0.25, -0.2) is 0 Å². The predicted molar refractivity (Wildman–Crippen MR) is 106 cm³/mol. The van der Waals surface area contributed by atoms with Gasteiger partial charge in [-0.15, -0.1) is 5.10 Å². The molecule has 3 aromatic carbocycles. The van der Waals surface area contributed by atoms with Crippen molar-refractivity contribution in [2.24, 2.45) is 0 Å². The van der Waals surface area contributed by atoms with Gasteiger partial charge in [0.15, 0.2) is 0 Å². The average Bonchev–Trinajstić information content (AvgIpc) is 3.17. The average molecular weight is 379 g/mol. The smallest absolute Gasteiger partial charge is 0.187 e. The van der Waals surface area contributed by atoms with Crippen molar-refractivity contribution >= 4 is 23.4 Å². The molecule has 1 aromatic heterocycles. The number of tetrazole rings is 1. The fraction of sp³-hybridized carbons (Fsp3) is 0.0500. The van der Waals surface area contributed by atoms with Gasteiger partial charge in [0.05, 0.1) is 5.69 Å². The lowest BCUT2D eigenvalue weighted by atomic mass is 10.0. The third-order valence-corrected chi connectivity index (χ3v) is 5.18. The molecule has 0 saturated carbocycles. The van der Waals surface area contributed by atoms with E-state index in [0.29, 0.717) is 5.02 Å². The molecule has 4 nitrogen and oxygen atoms in total. The summed E-state index contributed by atoms with van der Waals surface area (Å²) in [6, 6.07) is 26.4. The molecular weight excluding hydrogens is 364 g/mol. The molecule has 0 fully saturated rings. The Hall–Kier alpha value is -2.63. The zero-order valence-electron chi connectivity index (χ0n) is 13.8. The molecule has 1 heterocycles. The highest BCUT2D eigenvalue weighted by Crippen LogP contribution is 2.25. The van der Waals surface area contributed by atoms with Gasteiger partial charge in [-0.1, -0.05) is 78.0 Å². The number of hydrogen-bond donors (Lipinski definition) is 0. The topological polar surface area (TPSA) is 43.6 Å². The van der Waals surface area contributed by atoms with Gasteiger partial charge in [0.1, 0.15) is 0 Å². The number of aromatic nitrogens is 4. The molecule has 0 unspecified atom stereocenters. The van der Waals surface area contributed by atoms with Crippen molar-refractivity contribution in [1.82, 2.24) is 20.2 Å². The lowest BCUT2D eigenvalue weighted by Crippen LogP contribution is -1.98. The summed E-state index contributed by atoms with van der Waals surface area (Å²) >= 11 is 7.55. The summed E-state index contributed by atoms with van der Waals surface area (Å²) in [4.78, 5) is 0. The Morgan fingerprint density at radius 1 is 0.808 bits per heavy atom. The molecule has 4 aromatic rings. The fourth-order valence-electron chi connectivity index (χ4n) is 2.59. The van der Waals surface area contributed by atoms with Gasteiger partial charge in [-0.05, 0) is 51.4 Å². The van der Waals surface area contributed by atoms with Crippen LogP contribution in [0.1, 0.15) is 5.56 Å². The summed E-state index contributed by atoms with van der Waals surface area (Å²) in [5, 5.41) is 13.4. The first-order valence-electron chi connectivity index (χ1n) is 8.11. The first-order chi connectivity index (χ1) is 12.8. The van der Waals surface area contributed by atoms with E-state index < -0.39 is 0 Å². The number of thioether (sulfide) groups is 1. The normalized spacial score (nSPS) is 10.8. The van der Waals surface area contributed by atoms with E-state index in [-0.39, 0.29) is 0 Å². The van der Waals surface area contributed by atoms with Crippen molar-refractivity contribution in [2.75, 3.05) is 0 Å². The maximum Gasteiger partial charge on any atom is 0.214 e. The molecule has 0 bridgehead atoms. The molecule has 26 heavy (non-hydrogen) atoms. The van der Waals surface area contributed by atoms with Crippen LogP contribution in [0, 0.1) is 0 Å². The predicted octanol–water partition coefficient (Wildman–Crippen LogP) is 5.28. The Morgan fingerprint density at radius 2 is 1.50 bits per heavy atom. The van der Waals surface area contributed by atoms with Crippen LogP contribution in [0.3, 0.4) is 0 Å². The summed E-state index contributed by atoms with van der Waals surface area (Å²) in [5.41, 5.74) is 4.55. The van der Waals surface area contributed by atoms with Crippen molar-refractivity contribution in [3.05, 3.63) is 89.4 Å². The lowest BCUT2D eigenvalue weighted by molar-refractivity contribution is 0.756. The zero-order chi connectivity index (χ0) is 17.8. The molecule has 6 heteroatoms. The van der Waals surface area contributed by atoms with Crippen LogP contribution in [0.2, 0.25) is 5.02 Å². The number of nitrogens with zero attached hydrogens (tertiary/aromatic N) is 4. The molecule has 0 aliphatic carbocycles. The van der Waals surface area contributed by atoms with Crippen molar-refractivity contribution < 1.29 is 0 Å². The second-order valence-corrected chi connectivity index (χ2v) is 7.08. The number of halogens is 1. The molecule has 4 rings (SSSR count). The van der Waals surface area contributed by atoms with E-state index in [9.17, 15) is 0 Å². The van der Waals surface area contributed by atoms with Gasteiger partial charge < -0.3 is 0 Å². The van der Waals surface area contributed by atoms with E-state index >= 15 is 0 Å². The molecule has 0 aliphatic heterocycles. The van der Waals surface area contributed by atoms with E-state index in [1.54, 1.807) is 16.4 Å². The van der Waals surface area contributed by atoms with Gasteiger partial charge >= 0.3 is 0 Å². The van der Waals surface area contributed by atoms with Crippen LogP contribution in [0.5, 0.6) is 0 Å². The molecule has 0 aliphatic rings. The third kappa shape index (κ3) is 3.79. The summed E-state index contributed by atoms with van der Waals surface area (Å²) in [7, 11) is 0. The van der Waals surface area contributed by atoms with Crippen LogP contribution in [0.4, 0.5) is 0 Å². The van der Waals surface area contributed by atoms with E-state index in [1.165, 1.54) is 16.7 Å². The molecule has 0 radical (unpaired) electrons. The maximum absolute atomic E-state index is 5.94. The van der Waals surface area contributed by atoms with Crippen molar-refractivity contribution in [1.29, 1.82) is 0 Å². The van der Waals surface area contributed by atoms with E-state index in [2.05, 4.69) is 64.1 Å². The monoisotopic (exact) mass is 378 g/mol. The summed E-state index contributed by atoms with van der Waals surface area (Å²) in [5.74, 6) is 0.795. The van der Waals surface area contributed by atoms with Gasteiger partial charge in [0, 0.05) is 10.8 Å². The standard InChI is InChI=1S/C20H15ClN4S/c21-18-10-12-19(13-11-18)25-20(22-23-24-25)26-14-15-6-8-17(9-7-15)16-4-2-1-3-5-16/h1-13H,14H2. The van der Waals surface area contributed by atoms with Crippen LogP contribution in [0.25, 0.3) is 16.8 Å². The third-order valence-electron chi connectivity index (χ3n) is 3.94. The zero-order valence-corrected chi connectivity index (χ0v) is 15.4. The van der Waals surface area contributed by atoms with E-state index in [0.717, 1.165) is 16.6 Å². The van der Waals surface area contributed by atoms with Crippen LogP contribution in [-0.4, -0.2) is 20.2 Å². The molecule has 0 spiro atoms. The summed E-state index contributed by atoms with van der Waals surface area (Å²) in [6.07, 6.45) is 0. The Morgan fingerprint density at radius 3 is 2.23 bits per heavy atom. The van der Waals surface area contributed by atoms with Crippen molar-refractivity contribution in [3.63, 3.8) is 0 Å². The first-order valence-corrected chi connectivity index (χ1v) is 9.47. The quantitative estimate of drug-likeness (QED) is 0.443. The highest BCUT2D eigenvalue weighted by atomic mass is 35.5. The molecule has 0 saturated heterocycles. The largest absolute Gasteiger partial charge is 0.214 e. The minimum absolute atomic E-state index is 0.689. The van der Waals surface area contributed by atoms with Gasteiger partial charge in [0.25, 0.3) is 0 Å². The highest BCUT2D eigenvalue weighted by Gasteiger charge is 2.09. The summed E-state index contributed by atoms with van der Waals surface area (Å²) < 4.78 is 1.72. The molecule has 0 N–H and O–H groups in total. The second kappa shape index (κ2) is 7.72. The van der Waals surface area contributed by atoms with Crippen LogP contribution in [0.15, 0.2) is 84.0 Å². The maximum atomic E-state index is 5.94. The minimum Gasteiger partial charge on any atom is -0.187 e. The lowest BCUT2D eigenvalue weighted by Gasteiger charge is -2.06. The molecule has 128 valence electrons. The number of benzene rings is 3. The van der Waals surface area contributed by atoms with E-state index in [4.69, 9.17) is 11.6 Å². The molecule has 0 amide bonds. The minimum atomic E-state index is 0.689. The second-order valence-electron chi connectivity index (χ2n) is 5.70. The van der Waals surface area contributed by atoms with Gasteiger partial charge in [-0.2, -0.15) is 4.68 Å². The highest BCUT2D eigenvalue weighted by molar-refractivity contribution is 7.98. The van der Waals surface area contributed by atoms with Gasteiger partial charge in [0.2, 0.25) is 5.16 Å². The fourth-order valence-corrected chi connectivity index (χ4v) is 3.56. The Balaban J connectivity index is 1.47. The molecular formula is C20H15ClN4S. The number of rotatable bonds is 5. The van der Waals surface area contributed by atoms with Crippen LogP contribution in [-0.2, 0) is 5.75 Å². The molecule has 0 atom stereocenters. The summed E-state index contributed by atoms with van der Waals surface area (Å²) in [6.45, 7) is 0. The van der Waals surface area contributed by atoms with Crippen molar-refractivity contribution in [3.8, 4) is 16.8 Å². The number of hydrogen-bond acceptors (Lipinski definition) is 4. The van der Waals surface area contributed by atoms with Crippen LogP contribution >= 0.6 is 23.4 Å². The Labute approximate surface area is 160 Å². The van der Waals surface area contributed by atoms with Gasteiger partial charge in [-0.3, -0.25) is 0 Å². The van der Waals surface area contributed by atoms with E-state index in [1.807, 2.05) is 30.3 Å². The Kier molecular flexibility index (Phi) is 5.00. The SMILES string of the molecule is Clc1ccc(-n2nnnc2SCc2ccc(-c3ccccc3)cc2)cc1.